The van der Waals surface area contributed by atoms with Crippen molar-refractivity contribution < 1.29 is 14.3 Å². The van der Waals surface area contributed by atoms with Gasteiger partial charge in [-0.15, -0.1) is 0 Å². The highest BCUT2D eigenvalue weighted by molar-refractivity contribution is 6.05. The normalized spacial score (nSPS) is 15.0. The summed E-state index contributed by atoms with van der Waals surface area (Å²) in [7, 11) is 0. The van der Waals surface area contributed by atoms with Gasteiger partial charge in [0.15, 0.2) is 0 Å². The lowest BCUT2D eigenvalue weighted by Gasteiger charge is -2.39. The van der Waals surface area contributed by atoms with Crippen LogP contribution < -0.4 is 10.9 Å². The zero-order chi connectivity index (χ0) is 21.2. The van der Waals surface area contributed by atoms with Crippen LogP contribution in [0.25, 0.3) is 10.9 Å². The fourth-order valence-corrected chi connectivity index (χ4v) is 3.24. The van der Waals surface area contributed by atoms with Gasteiger partial charge < -0.3 is 24.5 Å². The van der Waals surface area contributed by atoms with Crippen LogP contribution in [-0.4, -0.2) is 51.7 Å². The Morgan fingerprint density at radius 1 is 1.34 bits per heavy atom. The molecule has 0 radical (unpaired) electrons. The Morgan fingerprint density at radius 2 is 2.07 bits per heavy atom. The van der Waals surface area contributed by atoms with Gasteiger partial charge in [0.1, 0.15) is 11.1 Å². The van der Waals surface area contributed by atoms with Crippen molar-refractivity contribution in [1.82, 2.24) is 19.8 Å². The van der Waals surface area contributed by atoms with E-state index in [1.807, 2.05) is 39.8 Å². The third-order valence-electron chi connectivity index (χ3n) is 4.74. The maximum Gasteiger partial charge on any atom is 0.410 e. The average molecular weight is 400 g/mol. The lowest BCUT2D eigenvalue weighted by molar-refractivity contribution is -0.000531. The number of carbonyl (C=O) groups is 2. The van der Waals surface area contributed by atoms with Gasteiger partial charge in [-0.25, -0.2) is 4.79 Å². The van der Waals surface area contributed by atoms with E-state index in [1.54, 1.807) is 23.4 Å². The van der Waals surface area contributed by atoms with Gasteiger partial charge in [0.25, 0.3) is 11.5 Å². The van der Waals surface area contributed by atoms with Crippen molar-refractivity contribution in [2.75, 3.05) is 19.6 Å². The monoisotopic (exact) mass is 400 g/mol. The van der Waals surface area contributed by atoms with Crippen molar-refractivity contribution in [3.05, 3.63) is 46.5 Å². The number of rotatable bonds is 5. The quantitative estimate of drug-likeness (QED) is 0.754. The topological polar surface area (TPSA) is 96.4 Å². The van der Waals surface area contributed by atoms with Crippen LogP contribution in [0.2, 0.25) is 0 Å². The second-order valence-corrected chi connectivity index (χ2v) is 8.30. The number of hydrogen-bond donors (Lipinski definition) is 2. The maximum atomic E-state index is 12.8. The molecule has 3 heterocycles. The molecule has 0 atom stereocenters. The standard InChI is InChI=1S/C21H28N4O4/c1-5-6-9-24-13-16(15-7-8-22-17(15)19(24)27)18(26)23-10-14-11-25(12-14)20(28)29-21(2,3)4/h5-8,13-14,22H,9-12H2,1-4H3,(H,23,26). The molecule has 2 amide bonds. The van der Waals surface area contributed by atoms with E-state index in [0.29, 0.717) is 42.6 Å². The van der Waals surface area contributed by atoms with E-state index in [4.69, 9.17) is 4.74 Å². The Bertz CT molecular complexity index is 990. The molecule has 3 rings (SSSR count). The zero-order valence-corrected chi connectivity index (χ0v) is 17.3. The van der Waals surface area contributed by atoms with Gasteiger partial charge in [-0.2, -0.15) is 0 Å². The Morgan fingerprint density at radius 3 is 2.72 bits per heavy atom. The van der Waals surface area contributed by atoms with E-state index in [9.17, 15) is 14.4 Å². The van der Waals surface area contributed by atoms with E-state index in [-0.39, 0.29) is 23.5 Å². The van der Waals surface area contributed by atoms with Crippen LogP contribution in [0.15, 0.2) is 35.4 Å². The number of amides is 2. The fourth-order valence-electron chi connectivity index (χ4n) is 3.24. The summed E-state index contributed by atoms with van der Waals surface area (Å²) in [5, 5.41) is 3.53. The van der Waals surface area contributed by atoms with E-state index in [2.05, 4.69) is 10.3 Å². The number of aromatic amines is 1. The molecule has 1 fully saturated rings. The number of aromatic nitrogens is 2. The fraction of sp³-hybridized carbons (Fsp3) is 0.476. The molecule has 2 aromatic rings. The molecule has 0 unspecified atom stereocenters. The van der Waals surface area contributed by atoms with Gasteiger partial charge in [-0.05, 0) is 33.8 Å². The first kappa shape index (κ1) is 20.7. The smallest absolute Gasteiger partial charge is 0.410 e. The predicted molar refractivity (Wildman–Crippen MR) is 111 cm³/mol. The summed E-state index contributed by atoms with van der Waals surface area (Å²) in [6.45, 7) is 9.34. The Labute approximate surface area is 169 Å². The molecule has 1 aliphatic rings. The van der Waals surface area contributed by atoms with Crippen molar-refractivity contribution in [2.24, 2.45) is 5.92 Å². The van der Waals surface area contributed by atoms with Crippen LogP contribution >= 0.6 is 0 Å². The number of nitrogens with zero attached hydrogens (tertiary/aromatic N) is 2. The van der Waals surface area contributed by atoms with Crippen molar-refractivity contribution in [3.8, 4) is 0 Å². The number of allylic oxidation sites excluding steroid dienone is 2. The number of hydrogen-bond acceptors (Lipinski definition) is 4. The molecule has 2 aromatic heterocycles. The zero-order valence-electron chi connectivity index (χ0n) is 17.3. The van der Waals surface area contributed by atoms with Crippen LogP contribution in [-0.2, 0) is 11.3 Å². The molecule has 0 aliphatic carbocycles. The molecule has 156 valence electrons. The summed E-state index contributed by atoms with van der Waals surface area (Å²) in [4.78, 5) is 41.8. The van der Waals surface area contributed by atoms with Gasteiger partial charge in [-0.3, -0.25) is 9.59 Å². The number of pyridine rings is 1. The van der Waals surface area contributed by atoms with E-state index < -0.39 is 5.60 Å². The van der Waals surface area contributed by atoms with Gasteiger partial charge in [0.2, 0.25) is 0 Å². The number of nitrogens with one attached hydrogen (secondary N) is 2. The first-order valence-corrected chi connectivity index (χ1v) is 9.77. The van der Waals surface area contributed by atoms with E-state index in [0.717, 1.165) is 0 Å². The molecule has 29 heavy (non-hydrogen) atoms. The van der Waals surface area contributed by atoms with Crippen LogP contribution in [0.3, 0.4) is 0 Å². The third-order valence-corrected chi connectivity index (χ3v) is 4.74. The Balaban J connectivity index is 1.63. The van der Waals surface area contributed by atoms with Gasteiger partial charge >= 0.3 is 6.09 Å². The van der Waals surface area contributed by atoms with Crippen LogP contribution in [0.1, 0.15) is 38.1 Å². The highest BCUT2D eigenvalue weighted by Gasteiger charge is 2.33. The SMILES string of the molecule is CC=CCn1cc(C(=O)NCC2CN(C(=O)OC(C)(C)C)C2)c2cc[nH]c2c1=O. The highest BCUT2D eigenvalue weighted by atomic mass is 16.6. The lowest BCUT2D eigenvalue weighted by atomic mass is 10.0. The molecule has 1 saturated heterocycles. The van der Waals surface area contributed by atoms with E-state index >= 15 is 0 Å². The molecule has 0 aromatic carbocycles. The molecular weight excluding hydrogens is 372 g/mol. The lowest BCUT2D eigenvalue weighted by Crippen LogP contribution is -2.54. The second-order valence-electron chi connectivity index (χ2n) is 8.30. The van der Waals surface area contributed by atoms with Gasteiger partial charge in [0.05, 0.1) is 5.56 Å². The van der Waals surface area contributed by atoms with Crippen molar-refractivity contribution >= 4 is 22.9 Å². The molecule has 8 nitrogen and oxygen atoms in total. The summed E-state index contributed by atoms with van der Waals surface area (Å²) < 4.78 is 6.85. The molecule has 0 spiro atoms. The minimum Gasteiger partial charge on any atom is -0.444 e. The van der Waals surface area contributed by atoms with Crippen LogP contribution in [0, 0.1) is 5.92 Å². The molecular formula is C21H28N4O4. The molecule has 2 N–H and O–H groups in total. The molecule has 0 bridgehead atoms. The predicted octanol–water partition coefficient (Wildman–Crippen LogP) is 2.50. The van der Waals surface area contributed by atoms with Crippen LogP contribution in [0.5, 0.6) is 0 Å². The van der Waals surface area contributed by atoms with Crippen LogP contribution in [0.4, 0.5) is 4.79 Å². The number of ether oxygens (including phenoxy) is 1. The number of fused-ring (bicyclic) bond motifs is 1. The molecule has 0 saturated carbocycles. The summed E-state index contributed by atoms with van der Waals surface area (Å²) in [5.74, 6) is -0.0540. The third kappa shape index (κ3) is 4.70. The number of carbonyl (C=O) groups excluding carboxylic acids is 2. The molecule has 8 heteroatoms. The largest absolute Gasteiger partial charge is 0.444 e. The van der Waals surface area contributed by atoms with Gasteiger partial charge in [-0.1, -0.05) is 12.2 Å². The Kier molecular flexibility index (Phi) is 5.81. The van der Waals surface area contributed by atoms with Crippen molar-refractivity contribution in [2.45, 2.75) is 39.8 Å². The summed E-state index contributed by atoms with van der Waals surface area (Å²) in [6, 6.07) is 1.74. The maximum absolute atomic E-state index is 12.8. The Hall–Kier alpha value is -3.03. The highest BCUT2D eigenvalue weighted by Crippen LogP contribution is 2.20. The van der Waals surface area contributed by atoms with Crippen molar-refractivity contribution in [1.29, 1.82) is 0 Å². The van der Waals surface area contributed by atoms with Crippen molar-refractivity contribution in [3.63, 3.8) is 0 Å². The first-order valence-electron chi connectivity index (χ1n) is 9.77. The first-order chi connectivity index (χ1) is 13.7. The average Bonchev–Trinajstić information content (AvgIpc) is 3.08. The number of likely N-dealkylation sites (tertiary alicyclic amines) is 1. The summed E-state index contributed by atoms with van der Waals surface area (Å²) in [6.07, 6.45) is 6.65. The summed E-state index contributed by atoms with van der Waals surface area (Å²) in [5.41, 5.74) is 0.191. The minimum atomic E-state index is -0.519. The molecule has 1 aliphatic heterocycles. The van der Waals surface area contributed by atoms with Gasteiger partial charge in [0, 0.05) is 49.9 Å². The minimum absolute atomic E-state index is 0.161. The summed E-state index contributed by atoms with van der Waals surface area (Å²) >= 11 is 0. The van der Waals surface area contributed by atoms with E-state index in [1.165, 1.54) is 4.57 Å². The number of H-pyrrole nitrogens is 1. The second kappa shape index (κ2) is 8.14.